The maximum atomic E-state index is 13.7. The smallest absolute Gasteiger partial charge is 0.148 e. The Balaban J connectivity index is 2.43. The maximum absolute atomic E-state index is 13.7. The summed E-state index contributed by atoms with van der Waals surface area (Å²) in [7, 11) is 0. The topological polar surface area (TPSA) is 35.8 Å². The van der Waals surface area contributed by atoms with Gasteiger partial charge in [0.15, 0.2) is 0 Å². The summed E-state index contributed by atoms with van der Waals surface area (Å²) >= 11 is 5.69. The molecule has 0 aliphatic rings. The van der Waals surface area contributed by atoms with E-state index in [9.17, 15) is 4.39 Å². The molecule has 1 N–H and O–H groups in total. The predicted molar refractivity (Wildman–Crippen MR) is 70.6 cm³/mol. The SMILES string of the molecule is Cc1cccc(C#N)c1Nc1ccc(Cl)cc1F. The largest absolute Gasteiger partial charge is 0.352 e. The molecule has 90 valence electrons. The van der Waals surface area contributed by atoms with E-state index in [1.54, 1.807) is 24.3 Å². The molecule has 2 aromatic carbocycles. The van der Waals surface area contributed by atoms with Crippen molar-refractivity contribution in [2.75, 3.05) is 5.32 Å². The molecule has 0 fully saturated rings. The van der Waals surface area contributed by atoms with Gasteiger partial charge in [-0.05, 0) is 36.8 Å². The van der Waals surface area contributed by atoms with Gasteiger partial charge < -0.3 is 5.32 Å². The van der Waals surface area contributed by atoms with E-state index in [1.807, 2.05) is 13.0 Å². The van der Waals surface area contributed by atoms with E-state index in [-0.39, 0.29) is 0 Å². The zero-order valence-electron chi connectivity index (χ0n) is 9.67. The molecule has 0 atom stereocenters. The van der Waals surface area contributed by atoms with Gasteiger partial charge in [-0.15, -0.1) is 0 Å². The molecule has 2 rings (SSSR count). The van der Waals surface area contributed by atoms with Crippen molar-refractivity contribution in [2.24, 2.45) is 0 Å². The van der Waals surface area contributed by atoms with Crippen molar-refractivity contribution in [3.8, 4) is 6.07 Å². The van der Waals surface area contributed by atoms with Gasteiger partial charge in [-0.25, -0.2) is 4.39 Å². The lowest BCUT2D eigenvalue weighted by Gasteiger charge is -2.12. The molecular formula is C14H10ClFN2. The van der Waals surface area contributed by atoms with Crippen molar-refractivity contribution in [3.05, 3.63) is 58.4 Å². The van der Waals surface area contributed by atoms with Crippen molar-refractivity contribution < 1.29 is 4.39 Å². The van der Waals surface area contributed by atoms with Crippen LogP contribution in [0.3, 0.4) is 0 Å². The number of rotatable bonds is 2. The molecule has 2 nitrogen and oxygen atoms in total. The molecule has 0 amide bonds. The molecule has 0 radical (unpaired) electrons. The van der Waals surface area contributed by atoms with E-state index < -0.39 is 5.82 Å². The van der Waals surface area contributed by atoms with Crippen LogP contribution >= 0.6 is 11.6 Å². The predicted octanol–water partition coefficient (Wildman–Crippen LogP) is 4.40. The minimum Gasteiger partial charge on any atom is -0.352 e. The Morgan fingerprint density at radius 3 is 2.72 bits per heavy atom. The number of para-hydroxylation sites is 1. The average Bonchev–Trinajstić information content (AvgIpc) is 2.34. The number of anilines is 2. The van der Waals surface area contributed by atoms with E-state index in [1.165, 1.54) is 6.07 Å². The van der Waals surface area contributed by atoms with E-state index in [0.717, 1.165) is 5.56 Å². The summed E-state index contributed by atoms with van der Waals surface area (Å²) in [5.41, 5.74) is 2.26. The van der Waals surface area contributed by atoms with Gasteiger partial charge in [0.25, 0.3) is 0 Å². The highest BCUT2D eigenvalue weighted by molar-refractivity contribution is 6.30. The minimum atomic E-state index is -0.449. The summed E-state index contributed by atoms with van der Waals surface area (Å²) < 4.78 is 13.7. The van der Waals surface area contributed by atoms with Crippen LogP contribution in [0.2, 0.25) is 5.02 Å². The molecule has 4 heteroatoms. The molecule has 0 aromatic heterocycles. The Morgan fingerprint density at radius 1 is 1.28 bits per heavy atom. The van der Waals surface area contributed by atoms with Crippen LogP contribution in [0.5, 0.6) is 0 Å². The van der Waals surface area contributed by atoms with Crippen LogP contribution in [0.4, 0.5) is 15.8 Å². The van der Waals surface area contributed by atoms with Gasteiger partial charge in [-0.1, -0.05) is 23.7 Å². The second-order valence-electron chi connectivity index (χ2n) is 3.86. The molecule has 18 heavy (non-hydrogen) atoms. The second kappa shape index (κ2) is 5.07. The molecule has 0 saturated carbocycles. The summed E-state index contributed by atoms with van der Waals surface area (Å²) in [4.78, 5) is 0. The monoisotopic (exact) mass is 260 g/mol. The van der Waals surface area contributed by atoms with Crippen molar-refractivity contribution in [2.45, 2.75) is 6.92 Å². The number of nitrogens with zero attached hydrogens (tertiary/aromatic N) is 1. The van der Waals surface area contributed by atoms with Crippen molar-refractivity contribution in [1.29, 1.82) is 5.26 Å². The molecule has 0 unspecified atom stereocenters. The van der Waals surface area contributed by atoms with Gasteiger partial charge in [-0.3, -0.25) is 0 Å². The first-order valence-corrected chi connectivity index (χ1v) is 5.71. The molecular weight excluding hydrogens is 251 g/mol. The summed E-state index contributed by atoms with van der Waals surface area (Å²) in [6.45, 7) is 1.86. The molecule has 0 saturated heterocycles. The Labute approximate surface area is 110 Å². The van der Waals surface area contributed by atoms with Crippen LogP contribution in [-0.4, -0.2) is 0 Å². The number of halogens is 2. The summed E-state index contributed by atoms with van der Waals surface area (Å²) in [5.74, 6) is -0.449. The van der Waals surface area contributed by atoms with Crippen molar-refractivity contribution in [1.82, 2.24) is 0 Å². The Morgan fingerprint density at radius 2 is 2.06 bits per heavy atom. The van der Waals surface area contributed by atoms with Crippen LogP contribution in [0.15, 0.2) is 36.4 Å². The van der Waals surface area contributed by atoms with E-state index in [0.29, 0.717) is 22.0 Å². The normalized spacial score (nSPS) is 9.89. The Bertz CT molecular complexity index is 632. The highest BCUT2D eigenvalue weighted by Crippen LogP contribution is 2.27. The number of benzene rings is 2. The summed E-state index contributed by atoms with van der Waals surface area (Å²) in [6.07, 6.45) is 0. The third-order valence-electron chi connectivity index (χ3n) is 2.58. The van der Waals surface area contributed by atoms with E-state index in [2.05, 4.69) is 11.4 Å². The fourth-order valence-corrected chi connectivity index (χ4v) is 1.81. The van der Waals surface area contributed by atoms with Gasteiger partial charge in [0.1, 0.15) is 11.9 Å². The second-order valence-corrected chi connectivity index (χ2v) is 4.29. The third-order valence-corrected chi connectivity index (χ3v) is 2.82. The zero-order chi connectivity index (χ0) is 13.1. The third kappa shape index (κ3) is 2.44. The van der Waals surface area contributed by atoms with E-state index >= 15 is 0 Å². The lowest BCUT2D eigenvalue weighted by atomic mass is 10.1. The number of hydrogen-bond donors (Lipinski definition) is 1. The Kier molecular flexibility index (Phi) is 3.50. The maximum Gasteiger partial charge on any atom is 0.148 e. The zero-order valence-corrected chi connectivity index (χ0v) is 10.4. The molecule has 0 heterocycles. The first-order chi connectivity index (χ1) is 8.61. The van der Waals surface area contributed by atoms with Crippen molar-refractivity contribution >= 4 is 23.0 Å². The fourth-order valence-electron chi connectivity index (χ4n) is 1.65. The van der Waals surface area contributed by atoms with Crippen molar-refractivity contribution in [3.63, 3.8) is 0 Å². The first-order valence-electron chi connectivity index (χ1n) is 5.33. The van der Waals surface area contributed by atoms with Crippen LogP contribution in [-0.2, 0) is 0 Å². The van der Waals surface area contributed by atoms with Gasteiger partial charge in [0.2, 0.25) is 0 Å². The van der Waals surface area contributed by atoms with Crippen LogP contribution in [0.1, 0.15) is 11.1 Å². The van der Waals surface area contributed by atoms with Crippen LogP contribution < -0.4 is 5.32 Å². The lowest BCUT2D eigenvalue weighted by Crippen LogP contribution is -1.98. The average molecular weight is 261 g/mol. The number of hydrogen-bond acceptors (Lipinski definition) is 2. The number of aryl methyl sites for hydroxylation is 1. The highest BCUT2D eigenvalue weighted by Gasteiger charge is 2.08. The molecule has 0 spiro atoms. The standard InChI is InChI=1S/C14H10ClFN2/c1-9-3-2-4-10(8-17)14(9)18-13-6-5-11(15)7-12(13)16/h2-7,18H,1H3. The highest BCUT2D eigenvalue weighted by atomic mass is 35.5. The molecule has 0 bridgehead atoms. The fraction of sp³-hybridized carbons (Fsp3) is 0.0714. The molecule has 0 aliphatic carbocycles. The summed E-state index contributed by atoms with van der Waals surface area (Å²) in [5, 5.41) is 12.3. The lowest BCUT2D eigenvalue weighted by molar-refractivity contribution is 0.632. The van der Waals surface area contributed by atoms with Gasteiger partial charge in [0, 0.05) is 5.02 Å². The van der Waals surface area contributed by atoms with Crippen LogP contribution in [0, 0.1) is 24.1 Å². The number of nitrogens with one attached hydrogen (secondary N) is 1. The Hall–Kier alpha value is -2.05. The van der Waals surface area contributed by atoms with Crippen LogP contribution in [0.25, 0.3) is 0 Å². The number of nitriles is 1. The van der Waals surface area contributed by atoms with Gasteiger partial charge >= 0.3 is 0 Å². The first kappa shape index (κ1) is 12.4. The molecule has 2 aromatic rings. The summed E-state index contributed by atoms with van der Waals surface area (Å²) in [6, 6.07) is 11.8. The quantitative estimate of drug-likeness (QED) is 0.869. The van der Waals surface area contributed by atoms with Gasteiger partial charge in [0.05, 0.1) is 16.9 Å². The van der Waals surface area contributed by atoms with E-state index in [4.69, 9.17) is 16.9 Å². The van der Waals surface area contributed by atoms with Gasteiger partial charge in [-0.2, -0.15) is 5.26 Å². The minimum absolute atomic E-state index is 0.296. The molecule has 0 aliphatic heterocycles.